The first-order valence-corrected chi connectivity index (χ1v) is 22.9. The van der Waals surface area contributed by atoms with Crippen LogP contribution in [0.2, 0.25) is 0 Å². The summed E-state index contributed by atoms with van der Waals surface area (Å²) in [6, 6.07) is 14.8. The monoisotopic (exact) mass is 905 g/mol. The quantitative estimate of drug-likeness (QED) is 0.0354. The zero-order valence-electron chi connectivity index (χ0n) is 37.9. The molecule has 0 bridgehead atoms. The highest BCUT2D eigenvalue weighted by Crippen LogP contribution is 2.31. The summed E-state index contributed by atoms with van der Waals surface area (Å²) >= 11 is 0. The van der Waals surface area contributed by atoms with Gasteiger partial charge in [0.05, 0.1) is 24.4 Å². The van der Waals surface area contributed by atoms with Crippen LogP contribution in [0.1, 0.15) is 112 Å². The molecule has 6 N–H and O–H groups in total. The van der Waals surface area contributed by atoms with Crippen molar-refractivity contribution in [3.05, 3.63) is 95.5 Å². The van der Waals surface area contributed by atoms with Crippen LogP contribution in [-0.4, -0.2) is 97.4 Å². The molecule has 0 spiro atoms. The number of rotatable bonds is 22. The number of nitrogens with zero attached hydrogens (tertiary/aromatic N) is 7. The average Bonchev–Trinajstić information content (AvgIpc) is 3.95. The molecule has 6 heterocycles. The first kappa shape index (κ1) is 47.2. The summed E-state index contributed by atoms with van der Waals surface area (Å²) < 4.78 is 20.7. The minimum atomic E-state index is -1.05. The second-order valence-corrected chi connectivity index (χ2v) is 17.1. The molecule has 1 unspecified atom stereocenters. The van der Waals surface area contributed by atoms with Crippen LogP contribution in [0.4, 0.5) is 27.7 Å². The van der Waals surface area contributed by atoms with Crippen molar-refractivity contribution in [1.29, 1.82) is 0 Å². The molecular formula is C47H60FN13O5. The average molecular weight is 906 g/mol. The van der Waals surface area contributed by atoms with Crippen LogP contribution >= 0.6 is 0 Å². The van der Waals surface area contributed by atoms with E-state index >= 15 is 0 Å². The Labute approximate surface area is 383 Å². The van der Waals surface area contributed by atoms with Gasteiger partial charge in [0.15, 0.2) is 17.5 Å². The van der Waals surface area contributed by atoms with E-state index in [0.29, 0.717) is 88.0 Å². The van der Waals surface area contributed by atoms with Crippen LogP contribution in [0.5, 0.6) is 0 Å². The lowest BCUT2D eigenvalue weighted by molar-refractivity contribution is -0.146. The first-order chi connectivity index (χ1) is 32.0. The molecule has 2 fully saturated rings. The molecule has 2 aliphatic heterocycles. The minimum absolute atomic E-state index is 0.0446. The third kappa shape index (κ3) is 12.7. The molecule has 19 heteroatoms. The molecule has 7 rings (SSSR count). The van der Waals surface area contributed by atoms with Crippen LogP contribution in [0.15, 0.2) is 67.1 Å². The molecule has 0 radical (unpaired) electrons. The minimum Gasteiger partial charge on any atom is -0.385 e. The van der Waals surface area contributed by atoms with Crippen molar-refractivity contribution in [2.24, 2.45) is 0 Å². The van der Waals surface area contributed by atoms with E-state index in [2.05, 4.69) is 51.8 Å². The number of carbonyl (C=O) groups excluding carboxylic acids is 4. The number of amides is 4. The number of benzene rings is 1. The molecule has 0 saturated carbocycles. The van der Waals surface area contributed by atoms with Crippen LogP contribution in [0.3, 0.4) is 0 Å². The number of unbranched alkanes of at least 4 members (excludes halogenated alkanes) is 4. The van der Waals surface area contributed by atoms with Crippen LogP contribution in [0.25, 0.3) is 5.82 Å². The van der Waals surface area contributed by atoms with E-state index in [1.54, 1.807) is 19.4 Å². The fourth-order valence-corrected chi connectivity index (χ4v) is 8.24. The van der Waals surface area contributed by atoms with E-state index < -0.39 is 11.4 Å². The summed E-state index contributed by atoms with van der Waals surface area (Å²) in [5.41, 5.74) is 3.39. The third-order valence-electron chi connectivity index (χ3n) is 12.2. The largest absolute Gasteiger partial charge is 0.385 e. The first-order valence-electron chi connectivity index (χ1n) is 22.9. The molecular weight excluding hydrogens is 846 g/mol. The topological polar surface area (TPSA) is 226 Å². The lowest BCUT2D eigenvalue weighted by Gasteiger charge is -2.40. The number of imide groups is 1. The van der Waals surface area contributed by atoms with Crippen LogP contribution in [-0.2, 0) is 30.3 Å². The van der Waals surface area contributed by atoms with Gasteiger partial charge in [-0.1, -0.05) is 31.0 Å². The zero-order chi connectivity index (χ0) is 46.5. The van der Waals surface area contributed by atoms with Gasteiger partial charge in [-0.05, 0) is 81.7 Å². The second-order valence-electron chi connectivity index (χ2n) is 17.1. The molecule has 350 valence electrons. The highest BCUT2D eigenvalue weighted by molar-refractivity contribution is 6.01. The lowest BCUT2D eigenvalue weighted by atomic mass is 9.89. The van der Waals surface area contributed by atoms with Gasteiger partial charge in [0.1, 0.15) is 11.4 Å². The smallest absolute Gasteiger partial charge is 0.252 e. The molecule has 1 aromatic carbocycles. The van der Waals surface area contributed by atoms with Crippen LogP contribution in [0, 0.1) is 12.7 Å². The molecule has 2 aliphatic rings. The van der Waals surface area contributed by atoms with Crippen molar-refractivity contribution < 1.29 is 28.3 Å². The standard InChI is InChI=1S/C47H60FN13O5/c1-31-26-40(59-58-31)55-39-27-37(10-6-7-11-42(62)50-23-9-5-4-8-22-49-36-15-12-33(13-16-36)38-17-19-43(63)57-44(38)64)54-46(56-39)60-24-20-47(66-3,21-25-60)45(65)53-32(2)34-14-18-41(51-28-34)61-30-35(48)29-52-61/h12-16,18,26-30,32,38,49H,4-11,17,19-25H2,1-3H3,(H,50,62)(H,53,65)(H,57,63,64)(H2,54,55,56,58,59)/t32-,38?/m0/s1. The van der Waals surface area contributed by atoms with Crippen molar-refractivity contribution in [3.8, 4) is 5.82 Å². The maximum Gasteiger partial charge on any atom is 0.252 e. The summed E-state index contributed by atoms with van der Waals surface area (Å²) in [6.45, 7) is 6.25. The number of aromatic amines is 1. The highest BCUT2D eigenvalue weighted by atomic mass is 19.1. The number of halogens is 1. The Morgan fingerprint density at radius 2 is 1.74 bits per heavy atom. The van der Waals surface area contributed by atoms with E-state index in [1.807, 2.05) is 56.3 Å². The number of hydrogen-bond donors (Lipinski definition) is 6. The van der Waals surface area contributed by atoms with Gasteiger partial charge >= 0.3 is 0 Å². The van der Waals surface area contributed by atoms with Gasteiger partial charge < -0.3 is 30.9 Å². The zero-order valence-corrected chi connectivity index (χ0v) is 37.9. The third-order valence-corrected chi connectivity index (χ3v) is 12.2. The Morgan fingerprint density at radius 1 is 0.955 bits per heavy atom. The Kier molecular flexibility index (Phi) is 16.0. The van der Waals surface area contributed by atoms with Gasteiger partial charge in [-0.25, -0.2) is 19.0 Å². The summed E-state index contributed by atoms with van der Waals surface area (Å²) in [7, 11) is 1.56. The normalized spacial score (nSPS) is 16.4. The van der Waals surface area contributed by atoms with Crippen LogP contribution < -0.4 is 31.5 Å². The molecule has 2 saturated heterocycles. The van der Waals surface area contributed by atoms with E-state index in [-0.39, 0.29) is 35.6 Å². The number of aryl methyl sites for hydroxylation is 2. The van der Waals surface area contributed by atoms with Crippen molar-refractivity contribution in [1.82, 2.24) is 50.9 Å². The van der Waals surface area contributed by atoms with E-state index in [4.69, 9.17) is 14.7 Å². The Balaban J connectivity index is 0.823. The number of carbonyl (C=O) groups is 4. The predicted octanol–water partition coefficient (Wildman–Crippen LogP) is 5.86. The predicted molar refractivity (Wildman–Crippen MR) is 247 cm³/mol. The second kappa shape index (κ2) is 22.4. The summed E-state index contributed by atoms with van der Waals surface area (Å²) in [6.07, 6.45) is 12.3. The number of anilines is 4. The molecule has 4 amide bonds. The Hall–Kier alpha value is -6.76. The van der Waals surface area contributed by atoms with Gasteiger partial charge in [-0.15, -0.1) is 0 Å². The molecule has 5 aromatic rings. The fourth-order valence-electron chi connectivity index (χ4n) is 8.24. The Morgan fingerprint density at radius 3 is 2.42 bits per heavy atom. The van der Waals surface area contributed by atoms with Crippen molar-refractivity contribution in [2.45, 2.75) is 108 Å². The molecule has 4 aromatic heterocycles. The Bertz CT molecular complexity index is 2410. The number of piperidine rings is 2. The summed E-state index contributed by atoms with van der Waals surface area (Å²) in [5.74, 6) is 0.898. The number of nitrogens with one attached hydrogen (secondary N) is 6. The number of H-pyrrole nitrogens is 1. The van der Waals surface area contributed by atoms with Gasteiger partial charge in [0.25, 0.3) is 5.91 Å². The summed E-state index contributed by atoms with van der Waals surface area (Å²) in [4.78, 5) is 66.3. The molecule has 0 aliphatic carbocycles. The summed E-state index contributed by atoms with van der Waals surface area (Å²) in [5, 5.41) is 26.5. The van der Waals surface area contributed by atoms with E-state index in [0.717, 1.165) is 73.0 Å². The number of ether oxygens (including phenoxy) is 1. The molecule has 66 heavy (non-hydrogen) atoms. The number of pyridine rings is 1. The van der Waals surface area contributed by atoms with Crippen molar-refractivity contribution in [3.63, 3.8) is 0 Å². The van der Waals surface area contributed by atoms with Crippen molar-refractivity contribution >= 4 is 46.9 Å². The fraction of sp³-hybridized carbons (Fsp3) is 0.468. The number of hydrogen-bond acceptors (Lipinski definition) is 13. The van der Waals surface area contributed by atoms with E-state index in [9.17, 15) is 23.6 Å². The van der Waals surface area contributed by atoms with E-state index in [1.165, 1.54) is 10.9 Å². The van der Waals surface area contributed by atoms with Gasteiger partial charge in [-0.3, -0.25) is 29.6 Å². The lowest BCUT2D eigenvalue weighted by Crippen LogP contribution is -2.55. The number of aromatic nitrogens is 7. The highest BCUT2D eigenvalue weighted by Gasteiger charge is 2.43. The maximum atomic E-state index is 13.8. The maximum absolute atomic E-state index is 13.8. The van der Waals surface area contributed by atoms with Crippen molar-refractivity contribution in [2.75, 3.05) is 48.8 Å². The number of methoxy groups -OCH3 is 1. The molecule has 2 atom stereocenters. The van der Waals surface area contributed by atoms with Gasteiger partial charge in [0.2, 0.25) is 23.7 Å². The van der Waals surface area contributed by atoms with Gasteiger partial charge in [-0.2, -0.15) is 15.2 Å². The SMILES string of the molecule is COC1(C(=O)N[C@@H](C)c2ccc(-n3cc(F)cn3)nc2)CCN(c2nc(CCCCC(=O)NCCCCCCNc3ccc(C4CCC(=O)NC4=O)cc3)cc(Nc3cc(C)[nH]n3)n2)CC1. The van der Waals surface area contributed by atoms with Gasteiger partial charge in [0, 0.05) is 94.4 Å². The molecule has 18 nitrogen and oxygen atoms in total.